The Morgan fingerprint density at radius 2 is 1.75 bits per heavy atom. The number of hydrogen-bond donors (Lipinski definition) is 1. The summed E-state index contributed by atoms with van der Waals surface area (Å²) in [5.74, 6) is -0.279. The average Bonchev–Trinajstić information content (AvgIpc) is 2.82. The largest absolute Gasteiger partial charge is 0.416 e. The van der Waals surface area contributed by atoms with Crippen LogP contribution in [0.4, 0.5) is 18.9 Å². The molecule has 1 aliphatic heterocycles. The first-order valence-electron chi connectivity index (χ1n) is 7.09. The summed E-state index contributed by atoms with van der Waals surface area (Å²) in [6.07, 6.45) is -4.40. The van der Waals surface area contributed by atoms with Gasteiger partial charge in [0.1, 0.15) is 0 Å². The molecule has 0 bridgehead atoms. The number of halogens is 3. The van der Waals surface area contributed by atoms with E-state index in [1.807, 2.05) is 0 Å². The summed E-state index contributed by atoms with van der Waals surface area (Å²) < 4.78 is 38.3. The highest BCUT2D eigenvalue weighted by atomic mass is 19.4. The smallest absolute Gasteiger partial charge is 0.400 e. The maximum Gasteiger partial charge on any atom is 0.416 e. The highest BCUT2D eigenvalue weighted by molar-refractivity contribution is 6.31. The molecule has 1 amide bonds. The molecule has 0 saturated heterocycles. The number of anilines is 1. The molecular weight excluding hydrogens is 319 g/mol. The molecule has 2 aromatic carbocycles. The van der Waals surface area contributed by atoms with Crippen LogP contribution in [0, 0.1) is 0 Å². The molecule has 126 valence electrons. The first-order chi connectivity index (χ1) is 11.4. The molecule has 2 aromatic rings. The number of hydrogen-bond acceptors (Lipinski definition) is 2. The van der Waals surface area contributed by atoms with E-state index >= 15 is 0 Å². The maximum absolute atomic E-state index is 12.8. The minimum absolute atomic E-state index is 0.0821. The second-order valence-corrected chi connectivity index (χ2v) is 5.09. The summed E-state index contributed by atoms with van der Waals surface area (Å²) in [6, 6.07) is 12.1. The first-order valence-corrected chi connectivity index (χ1v) is 7.09. The molecule has 3 nitrogen and oxygen atoms in total. The summed E-state index contributed by atoms with van der Waals surface area (Å²) in [7, 11) is 1.00. The summed E-state index contributed by atoms with van der Waals surface area (Å²) in [5, 5.41) is 7.00. The number of benzene rings is 2. The number of para-hydroxylation sites is 1. The average molecular weight is 335 g/mol. The maximum atomic E-state index is 12.8. The van der Waals surface area contributed by atoms with Gasteiger partial charge in [-0.05, 0) is 23.8 Å². The van der Waals surface area contributed by atoms with E-state index < -0.39 is 11.7 Å². The van der Waals surface area contributed by atoms with Crippen LogP contribution in [-0.2, 0) is 17.5 Å². The van der Waals surface area contributed by atoms with Crippen molar-refractivity contribution in [1.82, 2.24) is 0 Å². The molecule has 0 radical (unpaired) electrons. The number of rotatable bonds is 2. The zero-order valence-electron chi connectivity index (χ0n) is 13.0. The molecule has 1 N–H and O–H groups in total. The number of aliphatic hydroxyl groups excluding tert-OH is 1. The molecule has 1 aliphatic rings. The molecule has 0 atom stereocenters. The predicted molar refractivity (Wildman–Crippen MR) is 86.3 cm³/mol. The van der Waals surface area contributed by atoms with Crippen molar-refractivity contribution in [2.24, 2.45) is 0 Å². The van der Waals surface area contributed by atoms with Crippen molar-refractivity contribution in [3.05, 3.63) is 71.8 Å². The van der Waals surface area contributed by atoms with Crippen LogP contribution in [0.15, 0.2) is 55.1 Å². The summed E-state index contributed by atoms with van der Waals surface area (Å²) >= 11 is 0. The van der Waals surface area contributed by atoms with Gasteiger partial charge in [-0.1, -0.05) is 36.9 Å². The standard InChI is InChI=1S/C17H12F3NO.CH4O/c1-11-14-7-2-3-8-15(14)21(16(11)22)10-12-5-4-6-13(9-12)17(18,19)20;1-2/h2-9H,1,10H2;2H,1H3. The van der Waals surface area contributed by atoms with Crippen molar-refractivity contribution in [3.8, 4) is 0 Å². The number of carbonyl (C=O) groups excluding carboxylic acids is 1. The molecule has 0 aliphatic carbocycles. The Labute approximate surface area is 137 Å². The molecule has 3 rings (SSSR count). The molecule has 6 heteroatoms. The SMILES string of the molecule is C=C1C(=O)N(Cc2cccc(C(F)(F)F)c2)c2ccccc21.CO. The number of carbonyl (C=O) groups is 1. The summed E-state index contributed by atoms with van der Waals surface area (Å²) in [5.41, 5.74) is 1.47. The van der Waals surface area contributed by atoms with Crippen molar-refractivity contribution >= 4 is 17.2 Å². The van der Waals surface area contributed by atoms with E-state index in [1.54, 1.807) is 30.3 Å². The van der Waals surface area contributed by atoms with Crippen molar-refractivity contribution in [2.45, 2.75) is 12.7 Å². The Kier molecular flexibility index (Phi) is 5.09. The van der Waals surface area contributed by atoms with E-state index in [2.05, 4.69) is 6.58 Å². The lowest BCUT2D eigenvalue weighted by Crippen LogP contribution is -2.25. The second kappa shape index (κ2) is 6.88. The van der Waals surface area contributed by atoms with Gasteiger partial charge in [0.25, 0.3) is 5.91 Å². The zero-order chi connectivity index (χ0) is 17.9. The monoisotopic (exact) mass is 335 g/mol. The van der Waals surface area contributed by atoms with E-state index in [0.29, 0.717) is 16.8 Å². The Balaban J connectivity index is 0.00000100. The Bertz CT molecular complexity index is 769. The van der Waals surface area contributed by atoms with Crippen LogP contribution in [0.2, 0.25) is 0 Å². The number of amides is 1. The van der Waals surface area contributed by atoms with Gasteiger partial charge in [-0.2, -0.15) is 13.2 Å². The molecular formula is C18H16F3NO2. The minimum Gasteiger partial charge on any atom is -0.400 e. The Morgan fingerprint density at radius 3 is 2.42 bits per heavy atom. The Morgan fingerprint density at radius 1 is 1.08 bits per heavy atom. The van der Waals surface area contributed by atoms with Gasteiger partial charge in [0, 0.05) is 18.2 Å². The van der Waals surface area contributed by atoms with Crippen LogP contribution < -0.4 is 4.90 Å². The number of aliphatic hydroxyl groups is 1. The third-order valence-electron chi connectivity index (χ3n) is 3.62. The first kappa shape index (κ1) is 17.7. The van der Waals surface area contributed by atoms with Crippen LogP contribution in [-0.4, -0.2) is 18.1 Å². The molecule has 24 heavy (non-hydrogen) atoms. The van der Waals surface area contributed by atoms with Crippen LogP contribution in [0.25, 0.3) is 5.57 Å². The minimum atomic E-state index is -4.40. The second-order valence-electron chi connectivity index (χ2n) is 5.09. The lowest BCUT2D eigenvalue weighted by molar-refractivity contribution is -0.137. The van der Waals surface area contributed by atoms with Gasteiger partial charge in [0.05, 0.1) is 17.8 Å². The van der Waals surface area contributed by atoms with Gasteiger partial charge in [-0.25, -0.2) is 0 Å². The van der Waals surface area contributed by atoms with Crippen molar-refractivity contribution in [3.63, 3.8) is 0 Å². The van der Waals surface area contributed by atoms with Crippen LogP contribution in [0.1, 0.15) is 16.7 Å². The van der Waals surface area contributed by atoms with Gasteiger partial charge in [0.2, 0.25) is 0 Å². The van der Waals surface area contributed by atoms with Crippen molar-refractivity contribution in [2.75, 3.05) is 12.0 Å². The van der Waals surface area contributed by atoms with E-state index in [9.17, 15) is 18.0 Å². The number of nitrogens with zero attached hydrogens (tertiary/aromatic N) is 1. The van der Waals surface area contributed by atoms with Crippen molar-refractivity contribution in [1.29, 1.82) is 0 Å². The lowest BCUT2D eigenvalue weighted by Gasteiger charge is -2.18. The molecule has 0 saturated carbocycles. The number of alkyl halides is 3. The molecule has 0 fully saturated rings. The van der Waals surface area contributed by atoms with E-state index in [-0.39, 0.29) is 12.5 Å². The molecule has 0 aromatic heterocycles. The summed E-state index contributed by atoms with van der Waals surface area (Å²) in [6.45, 7) is 3.84. The van der Waals surface area contributed by atoms with Gasteiger partial charge in [-0.15, -0.1) is 0 Å². The van der Waals surface area contributed by atoms with Gasteiger partial charge in [-0.3, -0.25) is 4.79 Å². The Hall–Kier alpha value is -2.60. The van der Waals surface area contributed by atoms with Gasteiger partial charge >= 0.3 is 6.18 Å². The highest BCUT2D eigenvalue weighted by Gasteiger charge is 2.32. The van der Waals surface area contributed by atoms with Crippen LogP contribution in [0.3, 0.4) is 0 Å². The third kappa shape index (κ3) is 3.33. The van der Waals surface area contributed by atoms with Gasteiger partial charge < -0.3 is 10.0 Å². The fraction of sp³-hybridized carbons (Fsp3) is 0.167. The highest BCUT2D eigenvalue weighted by Crippen LogP contribution is 2.37. The summed E-state index contributed by atoms with van der Waals surface area (Å²) in [4.78, 5) is 13.7. The molecule has 1 heterocycles. The molecule has 0 spiro atoms. The van der Waals surface area contributed by atoms with Crippen LogP contribution >= 0.6 is 0 Å². The van der Waals surface area contributed by atoms with E-state index in [4.69, 9.17) is 5.11 Å². The zero-order valence-corrected chi connectivity index (χ0v) is 13.0. The van der Waals surface area contributed by atoms with E-state index in [1.165, 1.54) is 11.0 Å². The fourth-order valence-electron chi connectivity index (χ4n) is 2.54. The molecule has 0 unspecified atom stereocenters. The van der Waals surface area contributed by atoms with Crippen molar-refractivity contribution < 1.29 is 23.1 Å². The fourth-order valence-corrected chi connectivity index (χ4v) is 2.54. The third-order valence-corrected chi connectivity index (χ3v) is 3.62. The normalized spacial score (nSPS) is 13.5. The topological polar surface area (TPSA) is 40.5 Å². The van der Waals surface area contributed by atoms with E-state index in [0.717, 1.165) is 24.8 Å². The predicted octanol–water partition coefficient (Wildman–Crippen LogP) is 3.87. The quantitative estimate of drug-likeness (QED) is 0.846. The number of fused-ring (bicyclic) bond motifs is 1. The van der Waals surface area contributed by atoms with Crippen LogP contribution in [0.5, 0.6) is 0 Å². The lowest BCUT2D eigenvalue weighted by atomic mass is 10.1. The van der Waals surface area contributed by atoms with Gasteiger partial charge in [0.15, 0.2) is 0 Å².